The number of fused-ring (bicyclic) bond motifs is 1. The molecule has 0 bridgehead atoms. The van der Waals surface area contributed by atoms with E-state index in [0.717, 1.165) is 29.9 Å². The summed E-state index contributed by atoms with van der Waals surface area (Å²) in [5.74, 6) is 0.356. The number of hydrogen-bond donors (Lipinski definition) is 1. The molecule has 26 heavy (non-hydrogen) atoms. The summed E-state index contributed by atoms with van der Waals surface area (Å²) in [4.78, 5) is 27.7. The van der Waals surface area contributed by atoms with Gasteiger partial charge < -0.3 is 10.2 Å². The van der Waals surface area contributed by atoms with Crippen molar-refractivity contribution >= 4 is 17.5 Å². The van der Waals surface area contributed by atoms with Crippen molar-refractivity contribution in [2.24, 2.45) is 0 Å². The standard InChI is InChI=1S/C20H19N5O/c1-14-11-17(19(26)22-13-15-5-4-9-21-12-15)24-20(23-14)25-10-8-16-6-2-3-7-18(16)25/h2-7,9,11-12H,8,10,13H2,1H3,(H,22,26). The van der Waals surface area contributed by atoms with E-state index in [1.165, 1.54) is 5.56 Å². The monoisotopic (exact) mass is 345 g/mol. The first kappa shape index (κ1) is 16.2. The number of carbonyl (C=O) groups excluding carboxylic acids is 1. The summed E-state index contributed by atoms with van der Waals surface area (Å²) >= 11 is 0. The maximum absolute atomic E-state index is 12.5. The zero-order chi connectivity index (χ0) is 17.9. The Morgan fingerprint density at radius 1 is 1.19 bits per heavy atom. The molecular weight excluding hydrogens is 326 g/mol. The average molecular weight is 345 g/mol. The number of para-hydroxylation sites is 1. The van der Waals surface area contributed by atoms with Gasteiger partial charge in [0.25, 0.3) is 5.91 Å². The Balaban J connectivity index is 1.56. The third-order valence-electron chi connectivity index (χ3n) is 4.38. The third kappa shape index (κ3) is 3.26. The van der Waals surface area contributed by atoms with Gasteiger partial charge in [0.2, 0.25) is 5.95 Å². The van der Waals surface area contributed by atoms with Gasteiger partial charge in [-0.15, -0.1) is 0 Å². The minimum atomic E-state index is -0.215. The van der Waals surface area contributed by atoms with Gasteiger partial charge in [0, 0.05) is 36.9 Å². The van der Waals surface area contributed by atoms with E-state index in [0.29, 0.717) is 18.2 Å². The number of rotatable bonds is 4. The maximum atomic E-state index is 12.5. The minimum absolute atomic E-state index is 0.215. The van der Waals surface area contributed by atoms with E-state index in [2.05, 4.69) is 37.3 Å². The largest absolute Gasteiger partial charge is 0.347 e. The Hall–Kier alpha value is -3.28. The predicted molar refractivity (Wildman–Crippen MR) is 99.3 cm³/mol. The molecule has 1 aromatic carbocycles. The number of pyridine rings is 1. The second-order valence-corrected chi connectivity index (χ2v) is 6.27. The fourth-order valence-electron chi connectivity index (χ4n) is 3.11. The first-order valence-corrected chi connectivity index (χ1v) is 8.59. The van der Waals surface area contributed by atoms with Crippen LogP contribution in [0.15, 0.2) is 54.9 Å². The number of hydrogen-bond acceptors (Lipinski definition) is 5. The fourth-order valence-corrected chi connectivity index (χ4v) is 3.11. The Bertz CT molecular complexity index is 942. The lowest BCUT2D eigenvalue weighted by molar-refractivity contribution is 0.0945. The van der Waals surface area contributed by atoms with Crippen LogP contribution in [0.3, 0.4) is 0 Å². The zero-order valence-electron chi connectivity index (χ0n) is 14.5. The van der Waals surface area contributed by atoms with Gasteiger partial charge in [0.1, 0.15) is 5.69 Å². The molecule has 6 heteroatoms. The van der Waals surface area contributed by atoms with Crippen LogP contribution in [0.5, 0.6) is 0 Å². The van der Waals surface area contributed by atoms with Crippen molar-refractivity contribution < 1.29 is 4.79 Å². The molecule has 3 aromatic rings. The molecule has 0 fully saturated rings. The van der Waals surface area contributed by atoms with Crippen molar-refractivity contribution in [3.05, 3.63) is 77.4 Å². The van der Waals surface area contributed by atoms with Gasteiger partial charge in [-0.05, 0) is 42.7 Å². The van der Waals surface area contributed by atoms with Crippen LogP contribution >= 0.6 is 0 Å². The van der Waals surface area contributed by atoms with Crippen molar-refractivity contribution in [1.82, 2.24) is 20.3 Å². The third-order valence-corrected chi connectivity index (χ3v) is 4.38. The SMILES string of the molecule is Cc1cc(C(=O)NCc2cccnc2)nc(N2CCc3ccccc32)n1. The number of aryl methyl sites for hydroxylation is 1. The Labute approximate surface area is 151 Å². The number of nitrogens with zero attached hydrogens (tertiary/aromatic N) is 4. The molecule has 0 saturated heterocycles. The van der Waals surface area contributed by atoms with Crippen LogP contribution in [-0.2, 0) is 13.0 Å². The maximum Gasteiger partial charge on any atom is 0.270 e. The summed E-state index contributed by atoms with van der Waals surface area (Å²) in [6.45, 7) is 3.11. The summed E-state index contributed by atoms with van der Waals surface area (Å²) in [6, 6.07) is 13.7. The van der Waals surface area contributed by atoms with E-state index in [9.17, 15) is 4.79 Å². The minimum Gasteiger partial charge on any atom is -0.347 e. The van der Waals surface area contributed by atoms with Gasteiger partial charge in [0.15, 0.2) is 0 Å². The Morgan fingerprint density at radius 3 is 2.92 bits per heavy atom. The van der Waals surface area contributed by atoms with Gasteiger partial charge in [-0.25, -0.2) is 9.97 Å². The molecule has 3 heterocycles. The van der Waals surface area contributed by atoms with E-state index < -0.39 is 0 Å². The highest BCUT2D eigenvalue weighted by molar-refractivity contribution is 5.92. The van der Waals surface area contributed by atoms with Crippen LogP contribution in [0, 0.1) is 6.92 Å². The topological polar surface area (TPSA) is 71.0 Å². The summed E-state index contributed by atoms with van der Waals surface area (Å²) in [6.07, 6.45) is 4.40. The van der Waals surface area contributed by atoms with Gasteiger partial charge in [-0.3, -0.25) is 9.78 Å². The molecule has 0 atom stereocenters. The van der Waals surface area contributed by atoms with E-state index >= 15 is 0 Å². The van der Waals surface area contributed by atoms with Crippen molar-refractivity contribution in [2.45, 2.75) is 19.9 Å². The van der Waals surface area contributed by atoms with Crippen LogP contribution in [0.25, 0.3) is 0 Å². The molecule has 130 valence electrons. The smallest absolute Gasteiger partial charge is 0.270 e. The second kappa shape index (κ2) is 6.92. The first-order valence-electron chi connectivity index (χ1n) is 8.59. The van der Waals surface area contributed by atoms with Crippen molar-refractivity contribution in [1.29, 1.82) is 0 Å². The molecule has 1 aliphatic heterocycles. The number of amides is 1. The molecule has 2 aromatic heterocycles. The molecule has 1 N–H and O–H groups in total. The molecule has 0 radical (unpaired) electrons. The normalized spacial score (nSPS) is 12.7. The molecule has 0 saturated carbocycles. The molecular formula is C20H19N5O. The second-order valence-electron chi connectivity index (χ2n) is 6.27. The highest BCUT2D eigenvalue weighted by Gasteiger charge is 2.23. The summed E-state index contributed by atoms with van der Waals surface area (Å²) in [5.41, 5.74) is 4.48. The molecule has 4 rings (SSSR count). The van der Waals surface area contributed by atoms with Crippen LogP contribution < -0.4 is 10.2 Å². The van der Waals surface area contributed by atoms with Gasteiger partial charge >= 0.3 is 0 Å². The number of benzene rings is 1. The molecule has 0 aliphatic carbocycles. The number of carbonyl (C=O) groups is 1. The van der Waals surface area contributed by atoms with Crippen LogP contribution in [0.1, 0.15) is 27.3 Å². The van der Waals surface area contributed by atoms with E-state index in [1.54, 1.807) is 18.5 Å². The van der Waals surface area contributed by atoms with E-state index in [4.69, 9.17) is 0 Å². The Morgan fingerprint density at radius 2 is 2.08 bits per heavy atom. The zero-order valence-corrected chi connectivity index (χ0v) is 14.5. The average Bonchev–Trinajstić information content (AvgIpc) is 3.10. The van der Waals surface area contributed by atoms with Gasteiger partial charge in [-0.1, -0.05) is 24.3 Å². The predicted octanol–water partition coefficient (Wildman–Crippen LogP) is 2.80. The first-order chi connectivity index (χ1) is 12.7. The number of aromatic nitrogens is 3. The summed E-state index contributed by atoms with van der Waals surface area (Å²) in [7, 11) is 0. The highest BCUT2D eigenvalue weighted by atomic mass is 16.1. The Kier molecular flexibility index (Phi) is 4.31. The summed E-state index contributed by atoms with van der Waals surface area (Å²) < 4.78 is 0. The van der Waals surface area contributed by atoms with Crippen molar-refractivity contribution in [3.63, 3.8) is 0 Å². The molecule has 0 spiro atoms. The summed E-state index contributed by atoms with van der Waals surface area (Å²) in [5, 5.41) is 2.89. The van der Waals surface area contributed by atoms with Gasteiger partial charge in [0.05, 0.1) is 0 Å². The number of anilines is 2. The molecule has 1 amide bonds. The lowest BCUT2D eigenvalue weighted by Crippen LogP contribution is -2.26. The molecule has 1 aliphatic rings. The molecule has 0 unspecified atom stereocenters. The lowest BCUT2D eigenvalue weighted by Gasteiger charge is -2.18. The van der Waals surface area contributed by atoms with Crippen molar-refractivity contribution in [3.8, 4) is 0 Å². The fraction of sp³-hybridized carbons (Fsp3) is 0.200. The highest BCUT2D eigenvalue weighted by Crippen LogP contribution is 2.32. The molecule has 6 nitrogen and oxygen atoms in total. The van der Waals surface area contributed by atoms with Crippen LogP contribution in [-0.4, -0.2) is 27.4 Å². The van der Waals surface area contributed by atoms with Gasteiger partial charge in [-0.2, -0.15) is 0 Å². The van der Waals surface area contributed by atoms with Crippen LogP contribution in [0.4, 0.5) is 11.6 Å². The number of nitrogens with one attached hydrogen (secondary N) is 1. The van der Waals surface area contributed by atoms with Crippen molar-refractivity contribution in [2.75, 3.05) is 11.4 Å². The lowest BCUT2D eigenvalue weighted by atomic mass is 10.2. The van der Waals surface area contributed by atoms with E-state index in [-0.39, 0.29) is 5.91 Å². The van der Waals surface area contributed by atoms with E-state index in [1.807, 2.05) is 31.2 Å². The quantitative estimate of drug-likeness (QED) is 0.787. The van der Waals surface area contributed by atoms with Crippen LogP contribution in [0.2, 0.25) is 0 Å².